The van der Waals surface area contributed by atoms with Crippen molar-refractivity contribution in [2.45, 2.75) is 39.3 Å². The molecule has 0 radical (unpaired) electrons. The van der Waals surface area contributed by atoms with E-state index in [4.69, 9.17) is 0 Å². The van der Waals surface area contributed by atoms with Crippen LogP contribution >= 0.6 is 0 Å². The average Bonchev–Trinajstić information content (AvgIpc) is 2.61. The minimum absolute atomic E-state index is 0.00135. The Morgan fingerprint density at radius 1 is 0.846 bits per heavy atom. The molecule has 0 unspecified atom stereocenters. The molecular weight excluding hydrogens is 330 g/mol. The molecule has 0 aliphatic carbocycles. The Morgan fingerprint density at radius 3 is 2.27 bits per heavy atom. The van der Waals surface area contributed by atoms with Gasteiger partial charge in [0.15, 0.2) is 6.20 Å². The molecule has 0 N–H and O–H groups in total. The standard InChI is InChI=1S/C24H28NSi/c1-17-14-15-21-23(22(17)19-12-9-10-16-25(19)4)24(2,3)18-11-7-8-13-20(18)26(21,5)6/h7-16H,1-6H3/q+1. The Morgan fingerprint density at radius 2 is 1.54 bits per heavy atom. The lowest BCUT2D eigenvalue weighted by molar-refractivity contribution is -0.660. The second-order valence-electron chi connectivity index (χ2n) is 8.67. The molecule has 26 heavy (non-hydrogen) atoms. The van der Waals surface area contributed by atoms with Crippen molar-refractivity contribution in [3.8, 4) is 11.3 Å². The van der Waals surface area contributed by atoms with E-state index < -0.39 is 8.07 Å². The Hall–Kier alpha value is -2.19. The fourth-order valence-electron chi connectivity index (χ4n) is 4.84. The van der Waals surface area contributed by atoms with Crippen molar-refractivity contribution < 1.29 is 4.57 Å². The van der Waals surface area contributed by atoms with Crippen LogP contribution in [0.15, 0.2) is 60.8 Å². The molecule has 0 saturated heterocycles. The van der Waals surface area contributed by atoms with E-state index in [-0.39, 0.29) is 5.41 Å². The Balaban J connectivity index is 2.15. The van der Waals surface area contributed by atoms with Gasteiger partial charge in [-0.15, -0.1) is 0 Å². The molecule has 2 heteroatoms. The summed E-state index contributed by atoms with van der Waals surface area (Å²) in [6.07, 6.45) is 2.15. The van der Waals surface area contributed by atoms with Crippen molar-refractivity contribution >= 4 is 18.4 Å². The topological polar surface area (TPSA) is 3.88 Å². The predicted octanol–water partition coefficient (Wildman–Crippen LogP) is 3.95. The molecule has 4 rings (SSSR count). The maximum Gasteiger partial charge on any atom is 0.212 e. The van der Waals surface area contributed by atoms with Crippen LogP contribution < -0.4 is 14.9 Å². The van der Waals surface area contributed by atoms with Crippen molar-refractivity contribution in [3.63, 3.8) is 0 Å². The molecule has 1 aliphatic rings. The number of aryl methyl sites for hydroxylation is 2. The molecule has 0 spiro atoms. The Labute approximate surface area is 158 Å². The van der Waals surface area contributed by atoms with Crippen molar-refractivity contribution in [2.24, 2.45) is 7.05 Å². The highest BCUT2D eigenvalue weighted by molar-refractivity contribution is 7.01. The summed E-state index contributed by atoms with van der Waals surface area (Å²) in [4.78, 5) is 0. The maximum absolute atomic E-state index is 2.50. The molecule has 0 fully saturated rings. The lowest BCUT2D eigenvalue weighted by Gasteiger charge is -2.44. The van der Waals surface area contributed by atoms with E-state index in [1.807, 2.05) is 0 Å². The highest BCUT2D eigenvalue weighted by atomic mass is 28.3. The molecule has 0 saturated carbocycles. The third-order valence-electron chi connectivity index (χ3n) is 6.30. The number of nitrogens with zero attached hydrogens (tertiary/aromatic N) is 1. The van der Waals surface area contributed by atoms with Crippen molar-refractivity contribution in [1.29, 1.82) is 0 Å². The van der Waals surface area contributed by atoms with E-state index in [0.717, 1.165) is 0 Å². The van der Waals surface area contributed by atoms with Gasteiger partial charge in [-0.05, 0) is 34.9 Å². The highest BCUT2D eigenvalue weighted by Gasteiger charge is 2.45. The number of fused-ring (bicyclic) bond motifs is 2. The molecule has 2 heterocycles. The van der Waals surface area contributed by atoms with E-state index in [2.05, 4.69) is 106 Å². The minimum atomic E-state index is -1.73. The first kappa shape index (κ1) is 17.2. The summed E-state index contributed by atoms with van der Waals surface area (Å²) in [5.74, 6) is 0. The monoisotopic (exact) mass is 358 g/mol. The first-order valence-electron chi connectivity index (χ1n) is 9.46. The molecular formula is C24H28NSi+. The van der Waals surface area contributed by atoms with Crippen molar-refractivity contribution in [2.75, 3.05) is 0 Å². The molecule has 0 amide bonds. The third-order valence-corrected chi connectivity index (χ3v) is 9.84. The van der Waals surface area contributed by atoms with Gasteiger partial charge in [-0.3, -0.25) is 0 Å². The zero-order valence-electron chi connectivity index (χ0n) is 16.7. The van der Waals surface area contributed by atoms with Crippen LogP contribution in [0.2, 0.25) is 13.1 Å². The lowest BCUT2D eigenvalue weighted by Crippen LogP contribution is -2.62. The maximum atomic E-state index is 2.50. The lowest BCUT2D eigenvalue weighted by atomic mass is 9.74. The first-order valence-corrected chi connectivity index (χ1v) is 12.5. The summed E-state index contributed by atoms with van der Waals surface area (Å²) < 4.78 is 2.26. The molecule has 1 nitrogen and oxygen atoms in total. The van der Waals surface area contributed by atoms with Crippen LogP contribution in [0.4, 0.5) is 0 Å². The second kappa shape index (κ2) is 5.65. The molecule has 1 aliphatic heterocycles. The number of rotatable bonds is 1. The van der Waals surface area contributed by atoms with Gasteiger partial charge in [0.25, 0.3) is 0 Å². The van der Waals surface area contributed by atoms with Gasteiger partial charge in [0.1, 0.15) is 15.1 Å². The van der Waals surface area contributed by atoms with Crippen LogP contribution in [0.1, 0.15) is 30.5 Å². The van der Waals surface area contributed by atoms with Gasteiger partial charge in [-0.25, -0.2) is 4.57 Å². The molecule has 0 atom stereocenters. The largest absolute Gasteiger partial charge is 0.212 e. The normalized spacial score (nSPS) is 16.7. The van der Waals surface area contributed by atoms with Crippen LogP contribution in [-0.2, 0) is 12.5 Å². The number of benzene rings is 2. The Kier molecular flexibility index (Phi) is 3.75. The molecule has 0 bridgehead atoms. The minimum Gasteiger partial charge on any atom is -0.201 e. The summed E-state index contributed by atoms with van der Waals surface area (Å²) in [6, 6.07) is 20.4. The number of pyridine rings is 1. The zero-order chi connectivity index (χ0) is 18.7. The van der Waals surface area contributed by atoms with E-state index >= 15 is 0 Å². The van der Waals surface area contributed by atoms with Crippen molar-refractivity contribution in [3.05, 3.63) is 77.5 Å². The van der Waals surface area contributed by atoms with Crippen LogP contribution in [0.5, 0.6) is 0 Å². The smallest absolute Gasteiger partial charge is 0.201 e. The summed E-state index contributed by atoms with van der Waals surface area (Å²) in [5, 5.41) is 3.18. The number of hydrogen-bond donors (Lipinski definition) is 0. The van der Waals surface area contributed by atoms with Crippen LogP contribution in [0.25, 0.3) is 11.3 Å². The SMILES string of the molecule is Cc1ccc2c(c1-c1cccc[n+]1C)C(C)(C)c1ccccc1[Si]2(C)C. The molecule has 132 valence electrons. The fraction of sp³-hybridized carbons (Fsp3) is 0.292. The van der Waals surface area contributed by atoms with E-state index in [1.165, 1.54) is 27.9 Å². The van der Waals surface area contributed by atoms with E-state index in [0.29, 0.717) is 0 Å². The zero-order valence-corrected chi connectivity index (χ0v) is 17.7. The van der Waals surface area contributed by atoms with E-state index in [1.54, 1.807) is 10.4 Å². The van der Waals surface area contributed by atoms with Crippen molar-refractivity contribution in [1.82, 2.24) is 0 Å². The van der Waals surface area contributed by atoms with Gasteiger partial charge >= 0.3 is 0 Å². The second-order valence-corrected chi connectivity index (χ2v) is 13.0. The average molecular weight is 359 g/mol. The quantitative estimate of drug-likeness (QED) is 0.458. The van der Waals surface area contributed by atoms with Crippen LogP contribution in [-0.4, -0.2) is 8.07 Å². The first-order chi connectivity index (χ1) is 12.3. The Bertz CT molecular complexity index is 1010. The predicted molar refractivity (Wildman–Crippen MR) is 113 cm³/mol. The van der Waals surface area contributed by atoms with Gasteiger partial charge < -0.3 is 0 Å². The van der Waals surface area contributed by atoms with E-state index in [9.17, 15) is 0 Å². The highest BCUT2D eigenvalue weighted by Crippen LogP contribution is 2.41. The summed E-state index contributed by atoms with van der Waals surface area (Å²) >= 11 is 0. The molecule has 1 aromatic heterocycles. The van der Waals surface area contributed by atoms with Gasteiger partial charge in [0.2, 0.25) is 5.69 Å². The number of hydrogen-bond acceptors (Lipinski definition) is 0. The fourth-order valence-corrected chi connectivity index (χ4v) is 8.28. The summed E-state index contributed by atoms with van der Waals surface area (Å²) in [5.41, 5.74) is 7.13. The van der Waals surface area contributed by atoms with Gasteiger partial charge in [0, 0.05) is 17.5 Å². The van der Waals surface area contributed by atoms with Gasteiger partial charge in [-0.1, -0.05) is 68.5 Å². The van der Waals surface area contributed by atoms with Crippen LogP contribution in [0.3, 0.4) is 0 Å². The van der Waals surface area contributed by atoms with Crippen LogP contribution in [0, 0.1) is 6.92 Å². The number of aromatic nitrogens is 1. The van der Waals surface area contributed by atoms with Gasteiger partial charge in [-0.2, -0.15) is 0 Å². The third kappa shape index (κ3) is 2.25. The summed E-state index contributed by atoms with van der Waals surface area (Å²) in [7, 11) is 0.419. The van der Waals surface area contributed by atoms with Gasteiger partial charge in [0.05, 0.1) is 5.56 Å². The molecule has 3 aromatic rings. The summed E-state index contributed by atoms with van der Waals surface area (Å²) in [6.45, 7) is 12.1. The molecule has 2 aromatic carbocycles.